The molecule has 1 heterocycles. The van der Waals surface area contributed by atoms with Gasteiger partial charge in [-0.15, -0.1) is 0 Å². The Labute approximate surface area is 103 Å². The van der Waals surface area contributed by atoms with Crippen LogP contribution in [0.1, 0.15) is 43.9 Å². The lowest BCUT2D eigenvalue weighted by Gasteiger charge is -2.30. The van der Waals surface area contributed by atoms with Crippen molar-refractivity contribution in [2.24, 2.45) is 5.92 Å². The van der Waals surface area contributed by atoms with Crippen LogP contribution in [0.3, 0.4) is 0 Å². The van der Waals surface area contributed by atoms with Crippen molar-refractivity contribution in [2.45, 2.75) is 45.6 Å². The number of nitrogens with one attached hydrogen (secondary N) is 1. The summed E-state index contributed by atoms with van der Waals surface area (Å²) in [5.41, 5.74) is 1.58. The molecule has 90 valence electrons. The van der Waals surface area contributed by atoms with Gasteiger partial charge in [-0.05, 0) is 37.8 Å². The lowest BCUT2D eigenvalue weighted by molar-refractivity contribution is 0.349. The molecule has 2 unspecified atom stereocenters. The molecule has 0 amide bonds. The van der Waals surface area contributed by atoms with Gasteiger partial charge in [-0.1, -0.05) is 19.8 Å². The van der Waals surface area contributed by atoms with Gasteiger partial charge in [0.2, 0.25) is 0 Å². The maximum atomic E-state index is 8.94. The Bertz CT molecular complexity index is 434. The van der Waals surface area contributed by atoms with Crippen molar-refractivity contribution in [3.63, 3.8) is 0 Å². The van der Waals surface area contributed by atoms with Gasteiger partial charge in [0.15, 0.2) is 0 Å². The predicted octanol–water partition coefficient (Wildman–Crippen LogP) is 3.25. The minimum atomic E-state index is 0.504. The van der Waals surface area contributed by atoms with Gasteiger partial charge in [0.1, 0.15) is 5.82 Å². The third kappa shape index (κ3) is 2.97. The molecule has 2 atom stereocenters. The molecule has 0 spiro atoms. The molecule has 0 saturated heterocycles. The Balaban J connectivity index is 2.12. The molecule has 1 aromatic rings. The molecule has 2 rings (SSSR count). The van der Waals surface area contributed by atoms with E-state index in [-0.39, 0.29) is 0 Å². The maximum Gasteiger partial charge on any atom is 0.127 e. The molecule has 3 nitrogen and oxygen atoms in total. The molecule has 1 aromatic heterocycles. The van der Waals surface area contributed by atoms with E-state index in [9.17, 15) is 0 Å². The molecule has 1 N–H and O–H groups in total. The topological polar surface area (TPSA) is 48.7 Å². The SMILES string of the molecule is Cc1cc(C#N)cc(NC2CCCCC2C)n1. The molecular formula is C14H19N3. The fraction of sp³-hybridized carbons (Fsp3) is 0.571. The summed E-state index contributed by atoms with van der Waals surface area (Å²) >= 11 is 0. The third-order valence-corrected chi connectivity index (χ3v) is 3.53. The predicted molar refractivity (Wildman–Crippen MR) is 68.7 cm³/mol. The van der Waals surface area contributed by atoms with Gasteiger partial charge in [0, 0.05) is 11.7 Å². The maximum absolute atomic E-state index is 8.94. The van der Waals surface area contributed by atoms with Crippen LogP contribution in [0, 0.1) is 24.2 Å². The Morgan fingerprint density at radius 2 is 2.12 bits per heavy atom. The molecule has 1 saturated carbocycles. The summed E-state index contributed by atoms with van der Waals surface area (Å²) in [7, 11) is 0. The average Bonchev–Trinajstić information content (AvgIpc) is 2.31. The molecule has 0 radical (unpaired) electrons. The van der Waals surface area contributed by atoms with E-state index in [2.05, 4.69) is 23.3 Å². The first kappa shape index (κ1) is 11.9. The molecule has 0 aliphatic heterocycles. The van der Waals surface area contributed by atoms with E-state index < -0.39 is 0 Å². The van der Waals surface area contributed by atoms with Crippen molar-refractivity contribution in [3.8, 4) is 6.07 Å². The quantitative estimate of drug-likeness (QED) is 0.846. The number of rotatable bonds is 2. The molecule has 1 aliphatic carbocycles. The highest BCUT2D eigenvalue weighted by molar-refractivity contribution is 5.45. The van der Waals surface area contributed by atoms with Crippen LogP contribution in [0.15, 0.2) is 12.1 Å². The van der Waals surface area contributed by atoms with Gasteiger partial charge >= 0.3 is 0 Å². The second-order valence-corrected chi connectivity index (χ2v) is 5.01. The number of hydrogen-bond acceptors (Lipinski definition) is 3. The average molecular weight is 229 g/mol. The van der Waals surface area contributed by atoms with Crippen LogP contribution in [0.25, 0.3) is 0 Å². The summed E-state index contributed by atoms with van der Waals surface area (Å²) in [6, 6.07) is 6.34. The number of nitrogens with zero attached hydrogens (tertiary/aromatic N) is 2. The van der Waals surface area contributed by atoms with Crippen LogP contribution < -0.4 is 5.32 Å². The Morgan fingerprint density at radius 1 is 1.35 bits per heavy atom. The molecule has 0 aromatic carbocycles. The summed E-state index contributed by atoms with van der Waals surface area (Å²) in [4.78, 5) is 4.45. The first-order valence-electron chi connectivity index (χ1n) is 6.34. The molecule has 0 bridgehead atoms. The van der Waals surface area contributed by atoms with Crippen LogP contribution in [0.4, 0.5) is 5.82 Å². The van der Waals surface area contributed by atoms with Gasteiger partial charge < -0.3 is 5.32 Å². The lowest BCUT2D eigenvalue weighted by Crippen LogP contribution is -2.30. The fourth-order valence-electron chi connectivity index (χ4n) is 2.53. The summed E-state index contributed by atoms with van der Waals surface area (Å²) in [5.74, 6) is 1.54. The summed E-state index contributed by atoms with van der Waals surface area (Å²) < 4.78 is 0. The number of aromatic nitrogens is 1. The minimum Gasteiger partial charge on any atom is -0.367 e. The summed E-state index contributed by atoms with van der Waals surface area (Å²) in [6.07, 6.45) is 5.12. The number of nitriles is 1. The lowest BCUT2D eigenvalue weighted by atomic mass is 9.86. The zero-order valence-corrected chi connectivity index (χ0v) is 10.5. The number of pyridine rings is 1. The van der Waals surface area contributed by atoms with E-state index in [1.54, 1.807) is 0 Å². The molecule has 17 heavy (non-hydrogen) atoms. The molecule has 3 heteroatoms. The highest BCUT2D eigenvalue weighted by Crippen LogP contribution is 2.26. The van der Waals surface area contributed by atoms with E-state index in [1.165, 1.54) is 25.7 Å². The van der Waals surface area contributed by atoms with Crippen molar-refractivity contribution in [2.75, 3.05) is 5.32 Å². The van der Waals surface area contributed by atoms with E-state index >= 15 is 0 Å². The highest BCUT2D eigenvalue weighted by Gasteiger charge is 2.21. The monoisotopic (exact) mass is 229 g/mol. The Kier molecular flexibility index (Phi) is 3.63. The van der Waals surface area contributed by atoms with Gasteiger partial charge in [0.05, 0.1) is 11.6 Å². The summed E-state index contributed by atoms with van der Waals surface area (Å²) in [5, 5.41) is 12.4. The van der Waals surface area contributed by atoms with Crippen LogP contribution in [-0.2, 0) is 0 Å². The van der Waals surface area contributed by atoms with Gasteiger partial charge in [-0.25, -0.2) is 4.98 Å². The first-order valence-corrected chi connectivity index (χ1v) is 6.34. The summed E-state index contributed by atoms with van der Waals surface area (Å²) in [6.45, 7) is 4.22. The molecule has 1 fully saturated rings. The minimum absolute atomic E-state index is 0.504. The number of anilines is 1. The second kappa shape index (κ2) is 5.18. The smallest absolute Gasteiger partial charge is 0.127 e. The van der Waals surface area contributed by atoms with Crippen molar-refractivity contribution in [1.29, 1.82) is 5.26 Å². The van der Waals surface area contributed by atoms with E-state index in [0.717, 1.165) is 11.5 Å². The van der Waals surface area contributed by atoms with E-state index in [1.807, 2.05) is 19.1 Å². The standard InChI is InChI=1S/C14H19N3/c1-10-5-3-4-6-13(10)17-14-8-12(9-15)7-11(2)16-14/h7-8,10,13H,3-6H2,1-2H3,(H,16,17). The first-order chi connectivity index (χ1) is 8.19. The van der Waals surface area contributed by atoms with Gasteiger partial charge in [-0.2, -0.15) is 5.26 Å². The van der Waals surface area contributed by atoms with Crippen LogP contribution >= 0.6 is 0 Å². The third-order valence-electron chi connectivity index (χ3n) is 3.53. The van der Waals surface area contributed by atoms with Gasteiger partial charge in [0.25, 0.3) is 0 Å². The van der Waals surface area contributed by atoms with Crippen molar-refractivity contribution >= 4 is 5.82 Å². The normalized spacial score (nSPS) is 24.1. The van der Waals surface area contributed by atoms with E-state index in [0.29, 0.717) is 17.5 Å². The zero-order chi connectivity index (χ0) is 12.3. The van der Waals surface area contributed by atoms with Crippen molar-refractivity contribution < 1.29 is 0 Å². The number of aryl methyl sites for hydroxylation is 1. The molecule has 1 aliphatic rings. The van der Waals surface area contributed by atoms with Crippen molar-refractivity contribution in [1.82, 2.24) is 4.98 Å². The van der Waals surface area contributed by atoms with E-state index in [4.69, 9.17) is 5.26 Å². The Morgan fingerprint density at radius 3 is 2.82 bits per heavy atom. The highest BCUT2D eigenvalue weighted by atomic mass is 15.0. The largest absolute Gasteiger partial charge is 0.367 e. The number of hydrogen-bond donors (Lipinski definition) is 1. The van der Waals surface area contributed by atoms with Crippen LogP contribution in [0.2, 0.25) is 0 Å². The van der Waals surface area contributed by atoms with Gasteiger partial charge in [-0.3, -0.25) is 0 Å². The second-order valence-electron chi connectivity index (χ2n) is 5.01. The molecular weight excluding hydrogens is 210 g/mol. The Hall–Kier alpha value is -1.56. The van der Waals surface area contributed by atoms with Crippen LogP contribution in [-0.4, -0.2) is 11.0 Å². The van der Waals surface area contributed by atoms with Crippen LogP contribution in [0.5, 0.6) is 0 Å². The zero-order valence-electron chi connectivity index (χ0n) is 10.5. The van der Waals surface area contributed by atoms with Crippen molar-refractivity contribution in [3.05, 3.63) is 23.4 Å². The fourth-order valence-corrected chi connectivity index (χ4v) is 2.53.